The smallest absolute Gasteiger partial charge is 0.257 e. The summed E-state index contributed by atoms with van der Waals surface area (Å²) in [7, 11) is 4.22. The Morgan fingerprint density at radius 1 is 1.18 bits per heavy atom. The predicted molar refractivity (Wildman–Crippen MR) is 84.7 cm³/mol. The van der Waals surface area contributed by atoms with Crippen LogP contribution in [0.2, 0.25) is 0 Å². The van der Waals surface area contributed by atoms with E-state index in [1.165, 1.54) is 0 Å². The summed E-state index contributed by atoms with van der Waals surface area (Å²) in [5, 5.41) is 0. The third-order valence-corrected chi connectivity index (χ3v) is 4.51. The number of carbonyl (C=O) groups excluding carboxylic acids is 1. The Balaban J connectivity index is 1.77. The van der Waals surface area contributed by atoms with Gasteiger partial charge in [0.05, 0.1) is 5.56 Å². The quantitative estimate of drug-likeness (QED) is 0.838. The Bertz CT molecular complexity index is 545. The van der Waals surface area contributed by atoms with Crippen molar-refractivity contribution in [3.05, 3.63) is 23.8 Å². The summed E-state index contributed by atoms with van der Waals surface area (Å²) >= 11 is 0. The van der Waals surface area contributed by atoms with Gasteiger partial charge in [-0.05, 0) is 45.5 Å². The number of fused-ring (bicyclic) bond motifs is 1. The topological polar surface area (TPSA) is 42.0 Å². The van der Waals surface area contributed by atoms with Crippen LogP contribution in [0, 0.1) is 0 Å². The van der Waals surface area contributed by atoms with Gasteiger partial charge in [0.15, 0.2) is 11.5 Å². The van der Waals surface area contributed by atoms with E-state index in [9.17, 15) is 4.79 Å². The van der Waals surface area contributed by atoms with Gasteiger partial charge in [-0.3, -0.25) is 4.79 Å². The fraction of sp³-hybridized carbons (Fsp3) is 0.588. The molecule has 0 radical (unpaired) electrons. The van der Waals surface area contributed by atoms with Crippen molar-refractivity contribution in [3.63, 3.8) is 0 Å². The summed E-state index contributed by atoms with van der Waals surface area (Å²) in [5.74, 6) is 1.34. The van der Waals surface area contributed by atoms with Crippen molar-refractivity contribution in [3.8, 4) is 11.5 Å². The summed E-state index contributed by atoms with van der Waals surface area (Å²) in [4.78, 5) is 17.1. The van der Waals surface area contributed by atoms with Gasteiger partial charge >= 0.3 is 0 Å². The summed E-state index contributed by atoms with van der Waals surface area (Å²) in [6.07, 6.45) is 3.20. The molecule has 0 aliphatic carbocycles. The molecule has 1 fully saturated rings. The molecule has 0 spiro atoms. The zero-order valence-corrected chi connectivity index (χ0v) is 13.4. The lowest BCUT2D eigenvalue weighted by Crippen LogP contribution is -2.34. The molecule has 22 heavy (non-hydrogen) atoms. The maximum atomic E-state index is 12.9. The number of benzene rings is 1. The normalized spacial score (nSPS) is 21.6. The molecule has 0 bridgehead atoms. The van der Waals surface area contributed by atoms with Gasteiger partial charge in [-0.15, -0.1) is 0 Å². The molecule has 5 heteroatoms. The van der Waals surface area contributed by atoms with Gasteiger partial charge in [-0.25, -0.2) is 0 Å². The number of hydrogen-bond donors (Lipinski definition) is 0. The van der Waals surface area contributed by atoms with Crippen molar-refractivity contribution in [1.82, 2.24) is 9.80 Å². The molecule has 0 aromatic heterocycles. The highest BCUT2D eigenvalue weighted by molar-refractivity contribution is 5.97. The van der Waals surface area contributed by atoms with Gasteiger partial charge in [0.1, 0.15) is 13.2 Å². The highest BCUT2D eigenvalue weighted by atomic mass is 16.6. The van der Waals surface area contributed by atoms with Gasteiger partial charge in [0.25, 0.3) is 5.91 Å². The molecule has 1 amide bonds. The fourth-order valence-electron chi connectivity index (χ4n) is 3.21. The Labute approximate surface area is 131 Å². The molecule has 2 aliphatic rings. The number of nitrogens with zero attached hydrogens (tertiary/aromatic N) is 2. The van der Waals surface area contributed by atoms with Crippen molar-refractivity contribution in [2.75, 3.05) is 40.4 Å². The first-order valence-electron chi connectivity index (χ1n) is 8.01. The minimum Gasteiger partial charge on any atom is -0.486 e. The maximum absolute atomic E-state index is 12.9. The minimum absolute atomic E-state index is 0.0572. The van der Waals surface area contributed by atoms with Crippen molar-refractivity contribution < 1.29 is 14.3 Å². The van der Waals surface area contributed by atoms with E-state index in [4.69, 9.17) is 9.47 Å². The van der Waals surface area contributed by atoms with Gasteiger partial charge in [0, 0.05) is 19.1 Å². The second kappa shape index (κ2) is 6.57. The average Bonchev–Trinajstić information content (AvgIpc) is 2.80. The Morgan fingerprint density at radius 3 is 2.82 bits per heavy atom. The molecular weight excluding hydrogens is 280 g/mol. The van der Waals surface area contributed by atoms with Crippen LogP contribution < -0.4 is 9.47 Å². The standard InChI is InChI=1S/C17H24N2O3/c1-18(2)13-5-4-9-19(10-8-13)17(20)14-6-3-7-15-16(14)22-12-11-21-15/h3,6-7,13H,4-5,8-12H2,1-2H3. The van der Waals surface area contributed by atoms with Crippen LogP contribution in [0.25, 0.3) is 0 Å². The van der Waals surface area contributed by atoms with E-state index in [0.717, 1.165) is 32.4 Å². The van der Waals surface area contributed by atoms with Crippen molar-refractivity contribution in [2.24, 2.45) is 0 Å². The summed E-state index contributed by atoms with van der Waals surface area (Å²) in [6, 6.07) is 6.11. The predicted octanol–water partition coefficient (Wildman–Crippen LogP) is 2.01. The van der Waals surface area contributed by atoms with Crippen LogP contribution in [0.15, 0.2) is 18.2 Å². The molecule has 1 unspecified atom stereocenters. The van der Waals surface area contributed by atoms with Gasteiger partial charge in [-0.2, -0.15) is 0 Å². The molecule has 2 aliphatic heterocycles. The summed E-state index contributed by atoms with van der Waals surface area (Å²) in [6.45, 7) is 2.65. The molecule has 0 saturated carbocycles. The lowest BCUT2D eigenvalue weighted by Gasteiger charge is -2.25. The van der Waals surface area contributed by atoms with Gasteiger partial charge in [-0.1, -0.05) is 6.07 Å². The molecular formula is C17H24N2O3. The highest BCUT2D eigenvalue weighted by Crippen LogP contribution is 2.34. The lowest BCUT2D eigenvalue weighted by molar-refractivity contribution is 0.0748. The molecule has 1 aromatic rings. The van der Waals surface area contributed by atoms with Crippen molar-refractivity contribution in [1.29, 1.82) is 0 Å². The summed E-state index contributed by atoms with van der Waals surface area (Å²) in [5.41, 5.74) is 0.625. The van der Waals surface area contributed by atoms with Crippen LogP contribution in [-0.2, 0) is 0 Å². The number of ether oxygens (including phenoxy) is 2. The van der Waals surface area contributed by atoms with Crippen LogP contribution in [0.1, 0.15) is 29.6 Å². The molecule has 0 N–H and O–H groups in total. The largest absolute Gasteiger partial charge is 0.486 e. The van der Waals surface area contributed by atoms with Crippen molar-refractivity contribution in [2.45, 2.75) is 25.3 Å². The SMILES string of the molecule is CN(C)C1CCCN(C(=O)c2cccc3c2OCCO3)CC1. The van der Waals surface area contributed by atoms with Gasteiger partial charge in [0.2, 0.25) is 0 Å². The number of likely N-dealkylation sites (tertiary alicyclic amines) is 1. The lowest BCUT2D eigenvalue weighted by atomic mass is 10.1. The zero-order valence-electron chi connectivity index (χ0n) is 13.4. The number of carbonyl (C=O) groups is 1. The Kier molecular flexibility index (Phi) is 4.52. The van der Waals surface area contributed by atoms with E-state index >= 15 is 0 Å². The van der Waals surface area contributed by atoms with Crippen LogP contribution in [0.5, 0.6) is 11.5 Å². The number of hydrogen-bond acceptors (Lipinski definition) is 4. The Hall–Kier alpha value is -1.75. The number of rotatable bonds is 2. The van der Waals surface area contributed by atoms with E-state index in [0.29, 0.717) is 36.3 Å². The second-order valence-corrected chi connectivity index (χ2v) is 6.17. The van der Waals surface area contributed by atoms with E-state index in [2.05, 4.69) is 19.0 Å². The molecule has 1 atom stereocenters. The van der Waals surface area contributed by atoms with E-state index < -0.39 is 0 Å². The number of para-hydroxylation sites is 1. The Morgan fingerprint density at radius 2 is 2.00 bits per heavy atom. The first-order chi connectivity index (χ1) is 10.7. The summed E-state index contributed by atoms with van der Waals surface area (Å²) < 4.78 is 11.2. The van der Waals surface area contributed by atoms with Crippen molar-refractivity contribution >= 4 is 5.91 Å². The van der Waals surface area contributed by atoms with Crippen LogP contribution >= 0.6 is 0 Å². The van der Waals surface area contributed by atoms with E-state index in [1.807, 2.05) is 23.1 Å². The first kappa shape index (κ1) is 15.2. The average molecular weight is 304 g/mol. The third-order valence-electron chi connectivity index (χ3n) is 4.51. The van der Waals surface area contributed by atoms with Crippen LogP contribution in [-0.4, -0.2) is 62.1 Å². The first-order valence-corrected chi connectivity index (χ1v) is 8.01. The molecule has 1 saturated heterocycles. The van der Waals surface area contributed by atoms with Crippen LogP contribution in [0.3, 0.4) is 0 Å². The second-order valence-electron chi connectivity index (χ2n) is 6.17. The fourth-order valence-corrected chi connectivity index (χ4v) is 3.21. The molecule has 1 aromatic carbocycles. The van der Waals surface area contributed by atoms with Crippen LogP contribution in [0.4, 0.5) is 0 Å². The van der Waals surface area contributed by atoms with Gasteiger partial charge < -0.3 is 19.3 Å². The zero-order chi connectivity index (χ0) is 15.5. The number of amides is 1. The molecule has 3 rings (SSSR count). The van der Waals surface area contributed by atoms with E-state index in [1.54, 1.807) is 0 Å². The highest BCUT2D eigenvalue weighted by Gasteiger charge is 2.26. The maximum Gasteiger partial charge on any atom is 0.257 e. The minimum atomic E-state index is 0.0572. The third kappa shape index (κ3) is 3.04. The molecule has 2 heterocycles. The monoisotopic (exact) mass is 304 g/mol. The van der Waals surface area contributed by atoms with E-state index in [-0.39, 0.29) is 5.91 Å². The molecule has 5 nitrogen and oxygen atoms in total. The molecule has 120 valence electrons.